The predicted octanol–water partition coefficient (Wildman–Crippen LogP) is 3.90. The molecule has 5 heteroatoms. The van der Waals surface area contributed by atoms with Crippen LogP contribution in [0.5, 0.6) is 0 Å². The maximum atomic E-state index is 11.3. The second kappa shape index (κ2) is 16.6. The number of amides is 1. The average molecular weight is 379 g/mol. The van der Waals surface area contributed by atoms with Crippen molar-refractivity contribution in [2.75, 3.05) is 32.8 Å². The third kappa shape index (κ3) is 13.3. The first-order valence-corrected chi connectivity index (χ1v) is 10.5. The molecular formula is C22H38N2O3. The summed E-state index contributed by atoms with van der Waals surface area (Å²) in [6.45, 7) is 4.34. The van der Waals surface area contributed by atoms with Crippen molar-refractivity contribution >= 4 is 6.09 Å². The van der Waals surface area contributed by atoms with Crippen molar-refractivity contribution in [1.29, 1.82) is 0 Å². The Bertz CT molecular complexity index is 468. The second-order valence-electron chi connectivity index (χ2n) is 7.10. The zero-order valence-electron chi connectivity index (χ0n) is 16.9. The molecule has 1 aromatic carbocycles. The minimum Gasteiger partial charge on any atom is -0.447 e. The molecule has 154 valence electrons. The molecule has 1 atom stereocenters. The van der Waals surface area contributed by atoms with Crippen molar-refractivity contribution in [3.05, 3.63) is 35.9 Å². The van der Waals surface area contributed by atoms with E-state index in [9.17, 15) is 4.79 Å². The van der Waals surface area contributed by atoms with E-state index in [0.29, 0.717) is 12.5 Å². The Morgan fingerprint density at radius 3 is 2.56 bits per heavy atom. The highest BCUT2D eigenvalue weighted by Gasteiger charge is 2.10. The number of benzene rings is 1. The highest BCUT2D eigenvalue weighted by molar-refractivity contribution is 5.67. The van der Waals surface area contributed by atoms with E-state index in [2.05, 4.69) is 47.9 Å². The Morgan fingerprint density at radius 2 is 1.81 bits per heavy atom. The summed E-state index contributed by atoms with van der Waals surface area (Å²) in [5.41, 5.74) is 1.39. The molecule has 0 aliphatic carbocycles. The van der Waals surface area contributed by atoms with Crippen LogP contribution in [-0.4, -0.2) is 44.0 Å². The fraction of sp³-hybridized carbons (Fsp3) is 0.682. The molecule has 0 heterocycles. The number of aliphatic hydroxyl groups excluding tert-OH is 1. The lowest BCUT2D eigenvalue weighted by atomic mass is 9.93. The van der Waals surface area contributed by atoms with Gasteiger partial charge in [-0.3, -0.25) is 0 Å². The molecule has 0 aliphatic heterocycles. The minimum atomic E-state index is -0.473. The van der Waals surface area contributed by atoms with Gasteiger partial charge in [0.1, 0.15) is 6.61 Å². The lowest BCUT2D eigenvalue weighted by Gasteiger charge is -2.18. The van der Waals surface area contributed by atoms with Crippen LogP contribution in [0.1, 0.15) is 57.4 Å². The van der Waals surface area contributed by atoms with Gasteiger partial charge in [0.25, 0.3) is 0 Å². The first-order chi connectivity index (χ1) is 13.3. The quantitative estimate of drug-likeness (QED) is 0.382. The Hall–Kier alpha value is -1.59. The molecule has 3 N–H and O–H groups in total. The summed E-state index contributed by atoms with van der Waals surface area (Å²) in [6.07, 6.45) is 9.81. The van der Waals surface area contributed by atoms with Crippen LogP contribution < -0.4 is 10.6 Å². The number of hydrogen-bond donors (Lipinski definition) is 3. The summed E-state index contributed by atoms with van der Waals surface area (Å²) < 4.78 is 4.76. The number of carbonyl (C=O) groups excluding carboxylic acids is 1. The topological polar surface area (TPSA) is 70.6 Å². The summed E-state index contributed by atoms with van der Waals surface area (Å²) in [5, 5.41) is 14.8. The van der Waals surface area contributed by atoms with Crippen LogP contribution in [-0.2, 0) is 11.2 Å². The molecule has 5 nitrogen and oxygen atoms in total. The van der Waals surface area contributed by atoms with Crippen LogP contribution in [0.2, 0.25) is 0 Å². The number of hydrogen-bond acceptors (Lipinski definition) is 4. The van der Waals surface area contributed by atoms with E-state index in [0.717, 1.165) is 19.5 Å². The molecule has 1 aromatic rings. The van der Waals surface area contributed by atoms with Gasteiger partial charge in [0.2, 0.25) is 0 Å². The normalized spacial score (nSPS) is 11.9. The van der Waals surface area contributed by atoms with Crippen LogP contribution in [0, 0.1) is 5.92 Å². The third-order valence-electron chi connectivity index (χ3n) is 4.66. The number of nitrogens with one attached hydrogen (secondary N) is 2. The molecule has 0 radical (unpaired) electrons. The molecular weight excluding hydrogens is 340 g/mol. The molecule has 0 saturated heterocycles. The van der Waals surface area contributed by atoms with Gasteiger partial charge in [-0.15, -0.1) is 0 Å². The van der Waals surface area contributed by atoms with Gasteiger partial charge >= 0.3 is 6.09 Å². The number of aliphatic hydroxyl groups is 1. The number of alkyl carbamates (subject to hydrolysis) is 1. The Morgan fingerprint density at radius 1 is 1.07 bits per heavy atom. The Kier molecular flexibility index (Phi) is 14.4. The van der Waals surface area contributed by atoms with Crippen molar-refractivity contribution in [3.63, 3.8) is 0 Å². The van der Waals surface area contributed by atoms with Gasteiger partial charge in [-0.05, 0) is 30.9 Å². The van der Waals surface area contributed by atoms with Crippen molar-refractivity contribution in [3.8, 4) is 0 Å². The third-order valence-corrected chi connectivity index (χ3v) is 4.66. The zero-order chi connectivity index (χ0) is 19.6. The van der Waals surface area contributed by atoms with E-state index in [4.69, 9.17) is 9.84 Å². The molecule has 1 amide bonds. The van der Waals surface area contributed by atoms with Gasteiger partial charge in [-0.25, -0.2) is 4.79 Å². The smallest absolute Gasteiger partial charge is 0.407 e. The molecule has 27 heavy (non-hydrogen) atoms. The molecule has 0 saturated carbocycles. The van der Waals surface area contributed by atoms with E-state index in [1.165, 1.54) is 50.5 Å². The van der Waals surface area contributed by atoms with Gasteiger partial charge in [-0.2, -0.15) is 0 Å². The monoisotopic (exact) mass is 378 g/mol. The predicted molar refractivity (Wildman–Crippen MR) is 111 cm³/mol. The van der Waals surface area contributed by atoms with E-state index >= 15 is 0 Å². The number of carbonyl (C=O) groups is 1. The van der Waals surface area contributed by atoms with Gasteiger partial charge < -0.3 is 20.5 Å². The lowest BCUT2D eigenvalue weighted by molar-refractivity contribution is 0.119. The maximum absolute atomic E-state index is 11.3. The van der Waals surface area contributed by atoms with Crippen molar-refractivity contribution < 1.29 is 14.6 Å². The second-order valence-corrected chi connectivity index (χ2v) is 7.10. The summed E-state index contributed by atoms with van der Waals surface area (Å²) >= 11 is 0. The van der Waals surface area contributed by atoms with Crippen LogP contribution in [0.25, 0.3) is 0 Å². The van der Waals surface area contributed by atoms with E-state index in [-0.39, 0.29) is 13.2 Å². The van der Waals surface area contributed by atoms with Crippen molar-refractivity contribution in [1.82, 2.24) is 10.6 Å². The summed E-state index contributed by atoms with van der Waals surface area (Å²) in [7, 11) is 0. The fourth-order valence-electron chi connectivity index (χ4n) is 3.19. The first kappa shape index (κ1) is 23.4. The van der Waals surface area contributed by atoms with Crippen LogP contribution in [0.3, 0.4) is 0 Å². The molecule has 0 aliphatic rings. The largest absolute Gasteiger partial charge is 0.447 e. The first-order valence-electron chi connectivity index (χ1n) is 10.5. The SMILES string of the molecule is CCCCCCCCC(CNCCNC(=O)OCCO)Cc1ccccc1. The molecule has 1 rings (SSSR count). The van der Waals surface area contributed by atoms with E-state index in [1.807, 2.05) is 0 Å². The number of unbranched alkanes of at least 4 members (excludes halogenated alkanes) is 5. The van der Waals surface area contributed by atoms with Crippen LogP contribution >= 0.6 is 0 Å². The standard InChI is InChI=1S/C22H38N2O3/c1-2-3-4-5-6-8-13-21(18-20-11-9-7-10-12-20)19-23-14-15-24-22(26)27-17-16-25/h7,9-12,21,23,25H,2-6,8,13-19H2,1H3,(H,24,26). The van der Waals surface area contributed by atoms with Gasteiger partial charge in [-0.1, -0.05) is 75.8 Å². The molecule has 0 aromatic heterocycles. The van der Waals surface area contributed by atoms with Gasteiger partial charge in [0, 0.05) is 13.1 Å². The van der Waals surface area contributed by atoms with Crippen molar-refractivity contribution in [2.45, 2.75) is 58.3 Å². The fourth-order valence-corrected chi connectivity index (χ4v) is 3.19. The Labute approximate surface area is 164 Å². The minimum absolute atomic E-state index is 0.0384. The highest BCUT2D eigenvalue weighted by atomic mass is 16.6. The zero-order valence-corrected chi connectivity index (χ0v) is 16.9. The molecule has 0 bridgehead atoms. The highest BCUT2D eigenvalue weighted by Crippen LogP contribution is 2.16. The van der Waals surface area contributed by atoms with Crippen LogP contribution in [0.15, 0.2) is 30.3 Å². The van der Waals surface area contributed by atoms with Gasteiger partial charge in [0.05, 0.1) is 6.61 Å². The van der Waals surface area contributed by atoms with E-state index < -0.39 is 6.09 Å². The summed E-state index contributed by atoms with van der Waals surface area (Å²) in [6, 6.07) is 10.7. The number of ether oxygens (including phenoxy) is 1. The van der Waals surface area contributed by atoms with E-state index in [1.54, 1.807) is 0 Å². The van der Waals surface area contributed by atoms with Gasteiger partial charge in [0.15, 0.2) is 0 Å². The Balaban J connectivity index is 2.25. The number of rotatable bonds is 16. The average Bonchev–Trinajstić information content (AvgIpc) is 2.69. The summed E-state index contributed by atoms with van der Waals surface area (Å²) in [4.78, 5) is 11.3. The molecule has 0 spiro atoms. The lowest BCUT2D eigenvalue weighted by Crippen LogP contribution is -2.34. The van der Waals surface area contributed by atoms with Crippen molar-refractivity contribution in [2.24, 2.45) is 5.92 Å². The summed E-state index contributed by atoms with van der Waals surface area (Å²) in [5.74, 6) is 0.611. The molecule has 0 fully saturated rings. The van der Waals surface area contributed by atoms with Crippen LogP contribution in [0.4, 0.5) is 4.79 Å². The molecule has 1 unspecified atom stereocenters. The maximum Gasteiger partial charge on any atom is 0.407 e.